The first-order chi connectivity index (χ1) is 11.4. The van der Waals surface area contributed by atoms with E-state index in [2.05, 4.69) is 33.1 Å². The fourth-order valence-electron chi connectivity index (χ4n) is 3.95. The third-order valence-electron chi connectivity index (χ3n) is 5.27. The Hall–Kier alpha value is -1.44. The van der Waals surface area contributed by atoms with Gasteiger partial charge in [-0.1, -0.05) is 0 Å². The molecule has 2 fully saturated rings. The van der Waals surface area contributed by atoms with Gasteiger partial charge in [0.1, 0.15) is 6.61 Å². The number of hydrogen-bond acceptors (Lipinski definition) is 5. The Balaban J connectivity index is 1.42. The van der Waals surface area contributed by atoms with Crippen molar-refractivity contribution in [3.63, 3.8) is 0 Å². The van der Waals surface area contributed by atoms with Gasteiger partial charge in [0.05, 0.1) is 12.3 Å². The van der Waals surface area contributed by atoms with Crippen LogP contribution < -0.4 is 0 Å². The zero-order valence-corrected chi connectivity index (χ0v) is 15.2. The molecule has 1 spiro atoms. The van der Waals surface area contributed by atoms with E-state index >= 15 is 0 Å². The third kappa shape index (κ3) is 3.63. The number of rotatable bonds is 6. The number of aromatic nitrogens is 2. The van der Waals surface area contributed by atoms with Gasteiger partial charge < -0.3 is 9.64 Å². The summed E-state index contributed by atoms with van der Waals surface area (Å²) in [7, 11) is 5.72. The Labute approximate surface area is 143 Å². The van der Waals surface area contributed by atoms with Gasteiger partial charge in [0.2, 0.25) is 5.91 Å². The number of H-pyrrole nitrogens is 1. The first kappa shape index (κ1) is 17.4. The lowest BCUT2D eigenvalue weighted by atomic mass is 9.84. The number of carbonyl (C=O) groups is 1. The number of amides is 1. The number of ether oxygens (including phenoxy) is 1. The number of likely N-dealkylation sites (tertiary alicyclic amines) is 2. The van der Waals surface area contributed by atoms with Gasteiger partial charge in [-0.05, 0) is 32.4 Å². The van der Waals surface area contributed by atoms with E-state index in [1.165, 1.54) is 0 Å². The van der Waals surface area contributed by atoms with Crippen molar-refractivity contribution in [3.8, 4) is 0 Å². The number of hydrogen-bond donors (Lipinski definition) is 1. The highest BCUT2D eigenvalue weighted by Crippen LogP contribution is 2.39. The normalized spacial score (nSPS) is 23.6. The van der Waals surface area contributed by atoms with Crippen LogP contribution in [0.15, 0.2) is 6.07 Å². The zero-order chi connectivity index (χ0) is 17.3. The Kier molecular flexibility index (Phi) is 4.94. The smallest absolute Gasteiger partial charge is 0.248 e. The van der Waals surface area contributed by atoms with Crippen LogP contribution in [0.1, 0.15) is 17.8 Å². The molecule has 2 aliphatic heterocycles. The quantitative estimate of drug-likeness (QED) is 0.812. The SMILES string of the molecule is Cc1cc(CN2CC3(CC(COCC(=O)N(C)C)CN3C)C2)n[nH]1. The van der Waals surface area contributed by atoms with E-state index in [1.807, 2.05) is 6.92 Å². The molecule has 134 valence electrons. The second-order valence-corrected chi connectivity index (χ2v) is 7.67. The Morgan fingerprint density at radius 2 is 2.25 bits per heavy atom. The molecule has 24 heavy (non-hydrogen) atoms. The third-order valence-corrected chi connectivity index (χ3v) is 5.27. The number of nitrogens with one attached hydrogen (secondary N) is 1. The summed E-state index contributed by atoms with van der Waals surface area (Å²) in [6.45, 7) is 7.02. The predicted molar refractivity (Wildman–Crippen MR) is 91.6 cm³/mol. The molecule has 0 bridgehead atoms. The maximum atomic E-state index is 11.6. The first-order valence-corrected chi connectivity index (χ1v) is 8.60. The molecule has 1 amide bonds. The van der Waals surface area contributed by atoms with Crippen molar-refractivity contribution in [2.24, 2.45) is 5.92 Å². The van der Waals surface area contributed by atoms with Gasteiger partial charge in [-0.2, -0.15) is 5.10 Å². The minimum atomic E-state index is 0.0279. The summed E-state index contributed by atoms with van der Waals surface area (Å²) in [6.07, 6.45) is 1.15. The molecule has 7 nitrogen and oxygen atoms in total. The van der Waals surface area contributed by atoms with Crippen LogP contribution in [-0.2, 0) is 16.1 Å². The van der Waals surface area contributed by atoms with Crippen LogP contribution >= 0.6 is 0 Å². The lowest BCUT2D eigenvalue weighted by Gasteiger charge is -2.52. The Morgan fingerprint density at radius 3 is 2.88 bits per heavy atom. The summed E-state index contributed by atoms with van der Waals surface area (Å²) >= 11 is 0. The van der Waals surface area contributed by atoms with E-state index < -0.39 is 0 Å². The van der Waals surface area contributed by atoms with Gasteiger partial charge in [0.15, 0.2) is 0 Å². The summed E-state index contributed by atoms with van der Waals surface area (Å²) in [5.74, 6) is 0.542. The molecule has 0 radical (unpaired) electrons. The van der Waals surface area contributed by atoms with E-state index in [0.29, 0.717) is 12.5 Å². The average Bonchev–Trinajstić information content (AvgIpc) is 3.02. The van der Waals surface area contributed by atoms with Gasteiger partial charge in [-0.3, -0.25) is 19.7 Å². The number of nitrogens with zero attached hydrogens (tertiary/aromatic N) is 4. The second-order valence-electron chi connectivity index (χ2n) is 7.67. The van der Waals surface area contributed by atoms with Crippen molar-refractivity contribution < 1.29 is 9.53 Å². The average molecular weight is 335 g/mol. The summed E-state index contributed by atoms with van der Waals surface area (Å²) in [5, 5.41) is 7.33. The van der Waals surface area contributed by atoms with Crippen LogP contribution in [0.25, 0.3) is 0 Å². The number of likely N-dealkylation sites (N-methyl/N-ethyl adjacent to an activating group) is 2. The highest BCUT2D eigenvalue weighted by atomic mass is 16.5. The highest BCUT2D eigenvalue weighted by Gasteiger charge is 2.51. The molecule has 1 atom stereocenters. The molecular formula is C17H29N5O2. The van der Waals surface area contributed by atoms with Gasteiger partial charge in [0.25, 0.3) is 0 Å². The van der Waals surface area contributed by atoms with Crippen LogP contribution in [0, 0.1) is 12.8 Å². The van der Waals surface area contributed by atoms with Crippen molar-refractivity contribution in [3.05, 3.63) is 17.5 Å². The van der Waals surface area contributed by atoms with E-state index in [1.54, 1.807) is 19.0 Å². The zero-order valence-electron chi connectivity index (χ0n) is 15.2. The molecular weight excluding hydrogens is 306 g/mol. The summed E-state index contributed by atoms with van der Waals surface area (Å²) in [6, 6.07) is 2.11. The largest absolute Gasteiger partial charge is 0.371 e. The van der Waals surface area contributed by atoms with E-state index in [-0.39, 0.29) is 18.1 Å². The molecule has 1 aromatic rings. The number of aromatic amines is 1. The minimum absolute atomic E-state index is 0.0279. The second kappa shape index (κ2) is 6.82. The van der Waals surface area contributed by atoms with Gasteiger partial charge in [-0.15, -0.1) is 0 Å². The van der Waals surface area contributed by atoms with E-state index in [9.17, 15) is 4.79 Å². The van der Waals surface area contributed by atoms with Crippen molar-refractivity contribution in [2.75, 3.05) is 54.0 Å². The molecule has 3 rings (SSSR count). The van der Waals surface area contributed by atoms with Gasteiger partial charge >= 0.3 is 0 Å². The lowest BCUT2D eigenvalue weighted by Crippen LogP contribution is -2.66. The summed E-state index contributed by atoms with van der Waals surface area (Å²) in [5.41, 5.74) is 2.51. The Morgan fingerprint density at radius 1 is 1.50 bits per heavy atom. The summed E-state index contributed by atoms with van der Waals surface area (Å²) in [4.78, 5) is 18.1. The fraction of sp³-hybridized carbons (Fsp3) is 0.765. The molecule has 0 saturated carbocycles. The van der Waals surface area contributed by atoms with Crippen molar-refractivity contribution >= 4 is 5.91 Å². The Bertz CT molecular complexity index is 579. The maximum Gasteiger partial charge on any atom is 0.248 e. The van der Waals surface area contributed by atoms with E-state index in [4.69, 9.17) is 4.74 Å². The first-order valence-electron chi connectivity index (χ1n) is 8.60. The molecule has 3 heterocycles. The topological polar surface area (TPSA) is 64.7 Å². The molecule has 2 saturated heterocycles. The molecule has 0 aromatic carbocycles. The van der Waals surface area contributed by atoms with E-state index in [0.717, 1.165) is 44.0 Å². The molecule has 1 aromatic heterocycles. The monoisotopic (exact) mass is 335 g/mol. The lowest BCUT2D eigenvalue weighted by molar-refractivity contribution is -0.134. The minimum Gasteiger partial charge on any atom is -0.371 e. The van der Waals surface area contributed by atoms with Crippen molar-refractivity contribution in [1.82, 2.24) is 24.9 Å². The van der Waals surface area contributed by atoms with Crippen molar-refractivity contribution in [2.45, 2.75) is 25.4 Å². The maximum absolute atomic E-state index is 11.6. The molecule has 7 heteroatoms. The standard InChI is InChI=1S/C17H29N5O2/c1-13-5-15(19-18-13)8-22-11-17(12-22)6-14(7-21(17)4)9-24-10-16(23)20(2)3/h5,14H,6-12H2,1-4H3,(H,18,19). The van der Waals surface area contributed by atoms with Crippen LogP contribution in [-0.4, -0.2) is 90.3 Å². The number of aryl methyl sites for hydroxylation is 1. The molecule has 1 unspecified atom stereocenters. The van der Waals surface area contributed by atoms with Crippen LogP contribution in [0.4, 0.5) is 0 Å². The van der Waals surface area contributed by atoms with Crippen LogP contribution in [0.2, 0.25) is 0 Å². The molecule has 0 aliphatic carbocycles. The highest BCUT2D eigenvalue weighted by molar-refractivity contribution is 5.76. The van der Waals surface area contributed by atoms with Crippen molar-refractivity contribution in [1.29, 1.82) is 0 Å². The molecule has 2 aliphatic rings. The molecule has 1 N–H and O–H groups in total. The summed E-state index contributed by atoms with van der Waals surface area (Å²) < 4.78 is 5.63. The van der Waals surface area contributed by atoms with Gasteiger partial charge in [0, 0.05) is 51.5 Å². The number of carbonyl (C=O) groups excluding carboxylic acids is 1. The fourth-order valence-corrected chi connectivity index (χ4v) is 3.95. The van der Waals surface area contributed by atoms with Crippen LogP contribution in [0.3, 0.4) is 0 Å². The van der Waals surface area contributed by atoms with Gasteiger partial charge in [-0.25, -0.2) is 0 Å². The van der Waals surface area contributed by atoms with Crippen LogP contribution in [0.5, 0.6) is 0 Å². The predicted octanol–water partition coefficient (Wildman–Crippen LogP) is 0.329.